The number of imidazole rings is 1. The Morgan fingerprint density at radius 3 is 2.55 bits per heavy atom. The molecule has 2 aromatic heterocycles. The van der Waals surface area contributed by atoms with Gasteiger partial charge >= 0.3 is 5.97 Å². The quantitative estimate of drug-likeness (QED) is 0.186. The van der Waals surface area contributed by atoms with Gasteiger partial charge in [0.05, 0.1) is 38.8 Å². The maximum absolute atomic E-state index is 12.2. The lowest BCUT2D eigenvalue weighted by molar-refractivity contribution is 0.0526. The van der Waals surface area contributed by atoms with Crippen LogP contribution in [0.4, 0.5) is 0 Å². The minimum absolute atomic E-state index is 0.266. The van der Waals surface area contributed by atoms with Gasteiger partial charge in [-0.25, -0.2) is 9.78 Å². The number of carbonyl (C=O) groups is 1. The van der Waals surface area contributed by atoms with Gasteiger partial charge in [0, 0.05) is 17.2 Å². The summed E-state index contributed by atoms with van der Waals surface area (Å²) in [5, 5.41) is 5.35. The predicted octanol–water partition coefficient (Wildman–Crippen LogP) is 7.62. The van der Waals surface area contributed by atoms with Gasteiger partial charge < -0.3 is 14.0 Å². The topological polar surface area (TPSA) is 79.4 Å². The molecule has 5 aromatic rings. The van der Waals surface area contributed by atoms with E-state index in [0.29, 0.717) is 45.1 Å². The molecule has 1 aliphatic carbocycles. The number of benzene rings is 3. The van der Waals surface area contributed by atoms with Crippen LogP contribution in [0, 0.1) is 0 Å². The fraction of sp³-hybridized carbons (Fsp3) is 0.207. The number of halogens is 2. The molecule has 0 bridgehead atoms. The normalized spacial score (nSPS) is 13.1. The van der Waals surface area contributed by atoms with Crippen LogP contribution in [0.2, 0.25) is 10.0 Å². The van der Waals surface area contributed by atoms with Gasteiger partial charge in [0.25, 0.3) is 0 Å². The number of fused-ring (bicyclic) bond motifs is 1. The van der Waals surface area contributed by atoms with E-state index in [1.54, 1.807) is 43.6 Å². The van der Waals surface area contributed by atoms with Crippen molar-refractivity contribution in [3.05, 3.63) is 93.9 Å². The van der Waals surface area contributed by atoms with Crippen molar-refractivity contribution in [1.29, 1.82) is 0 Å². The van der Waals surface area contributed by atoms with E-state index in [-0.39, 0.29) is 12.6 Å². The monoisotopic (exact) mass is 547 g/mol. The van der Waals surface area contributed by atoms with Crippen molar-refractivity contribution in [2.75, 3.05) is 6.61 Å². The van der Waals surface area contributed by atoms with E-state index in [4.69, 9.17) is 37.2 Å². The number of aromatic nitrogens is 3. The average Bonchev–Trinajstić information content (AvgIpc) is 3.55. The summed E-state index contributed by atoms with van der Waals surface area (Å²) in [4.78, 5) is 16.7. The standard InChI is InChI=1S/C29H23Cl2N3O4/c1-2-36-29(35)18-8-13-24-25(14-18)34(16-32-24)19-9-11-20(12-10-19)37-15-21-27(33-38-28(21)17-6-7-17)26-22(30)4-3-5-23(26)31/h3-5,8-14,16-17H,2,6-7,15H2,1H3. The molecule has 0 spiro atoms. The summed E-state index contributed by atoms with van der Waals surface area (Å²) in [6.07, 6.45) is 3.85. The van der Waals surface area contributed by atoms with Crippen LogP contribution in [-0.2, 0) is 11.3 Å². The molecular weight excluding hydrogens is 525 g/mol. The Bertz CT molecular complexity index is 1620. The molecule has 0 atom stereocenters. The van der Waals surface area contributed by atoms with Crippen molar-refractivity contribution in [3.63, 3.8) is 0 Å². The van der Waals surface area contributed by atoms with Gasteiger partial charge in [-0.2, -0.15) is 0 Å². The molecule has 6 rings (SSSR count). The Kier molecular flexibility index (Phi) is 6.55. The molecule has 0 saturated heterocycles. The summed E-state index contributed by atoms with van der Waals surface area (Å²) in [7, 11) is 0. The molecule has 0 aliphatic heterocycles. The van der Waals surface area contributed by atoms with Crippen LogP contribution in [-0.4, -0.2) is 27.3 Å². The zero-order chi connectivity index (χ0) is 26.2. The number of nitrogens with zero attached hydrogens (tertiary/aromatic N) is 3. The first-order chi connectivity index (χ1) is 18.5. The summed E-state index contributed by atoms with van der Waals surface area (Å²) in [6.45, 7) is 2.37. The maximum Gasteiger partial charge on any atom is 0.338 e. The number of hydrogen-bond acceptors (Lipinski definition) is 6. The number of esters is 1. The van der Waals surface area contributed by atoms with Gasteiger partial charge in [0.1, 0.15) is 30.1 Å². The lowest BCUT2D eigenvalue weighted by atomic mass is 10.0. The Labute approximate surface area is 228 Å². The second-order valence-corrected chi connectivity index (χ2v) is 9.88. The van der Waals surface area contributed by atoms with Gasteiger partial charge in [-0.15, -0.1) is 0 Å². The molecule has 0 N–H and O–H groups in total. The first-order valence-corrected chi connectivity index (χ1v) is 13.1. The van der Waals surface area contributed by atoms with Gasteiger partial charge in [-0.1, -0.05) is 34.4 Å². The number of ether oxygens (including phenoxy) is 2. The molecule has 0 unspecified atom stereocenters. The fourth-order valence-corrected chi connectivity index (χ4v) is 5.04. The SMILES string of the molecule is CCOC(=O)c1ccc2ncn(-c3ccc(OCc4c(-c5c(Cl)cccc5Cl)noc4C4CC4)cc3)c2c1. The highest BCUT2D eigenvalue weighted by molar-refractivity contribution is 6.39. The van der Waals surface area contributed by atoms with E-state index >= 15 is 0 Å². The van der Waals surface area contributed by atoms with E-state index in [1.807, 2.05) is 34.9 Å². The van der Waals surface area contributed by atoms with Crippen molar-refractivity contribution in [3.8, 4) is 22.7 Å². The Hall–Kier alpha value is -3.81. The summed E-state index contributed by atoms with van der Waals surface area (Å²) in [6, 6.07) is 18.4. The Morgan fingerprint density at radius 1 is 1.08 bits per heavy atom. The van der Waals surface area contributed by atoms with E-state index < -0.39 is 0 Å². The van der Waals surface area contributed by atoms with Crippen LogP contribution in [0.3, 0.4) is 0 Å². The third kappa shape index (κ3) is 4.64. The minimum Gasteiger partial charge on any atom is -0.489 e. The molecule has 2 heterocycles. The molecule has 0 radical (unpaired) electrons. The number of carbonyl (C=O) groups excluding carboxylic acids is 1. The van der Waals surface area contributed by atoms with Gasteiger partial charge in [-0.05, 0) is 74.4 Å². The summed E-state index contributed by atoms with van der Waals surface area (Å²) >= 11 is 12.9. The lowest BCUT2D eigenvalue weighted by Crippen LogP contribution is -2.04. The fourth-order valence-electron chi connectivity index (χ4n) is 4.46. The number of hydrogen-bond donors (Lipinski definition) is 0. The second-order valence-electron chi connectivity index (χ2n) is 9.07. The molecule has 1 fully saturated rings. The smallest absolute Gasteiger partial charge is 0.338 e. The van der Waals surface area contributed by atoms with Crippen LogP contribution in [0.1, 0.15) is 47.4 Å². The third-order valence-electron chi connectivity index (χ3n) is 6.52. The number of rotatable bonds is 8. The minimum atomic E-state index is -0.359. The molecule has 192 valence electrons. The van der Waals surface area contributed by atoms with Gasteiger partial charge in [0.2, 0.25) is 0 Å². The van der Waals surface area contributed by atoms with Crippen LogP contribution in [0.5, 0.6) is 5.75 Å². The van der Waals surface area contributed by atoms with Gasteiger partial charge in [-0.3, -0.25) is 4.57 Å². The highest BCUT2D eigenvalue weighted by Gasteiger charge is 2.33. The van der Waals surface area contributed by atoms with E-state index in [1.165, 1.54) is 0 Å². The average molecular weight is 548 g/mol. The zero-order valence-corrected chi connectivity index (χ0v) is 22.0. The summed E-state index contributed by atoms with van der Waals surface area (Å²) in [5.41, 5.74) is 5.08. The first kappa shape index (κ1) is 24.5. The zero-order valence-electron chi connectivity index (χ0n) is 20.5. The molecule has 3 aromatic carbocycles. The van der Waals surface area contributed by atoms with Crippen molar-refractivity contribution in [2.45, 2.75) is 32.3 Å². The molecule has 38 heavy (non-hydrogen) atoms. The first-order valence-electron chi connectivity index (χ1n) is 12.3. The second kappa shape index (κ2) is 10.2. The van der Waals surface area contributed by atoms with E-state index in [2.05, 4.69) is 10.1 Å². The lowest BCUT2D eigenvalue weighted by Gasteiger charge is -2.11. The van der Waals surface area contributed by atoms with Crippen molar-refractivity contribution in [1.82, 2.24) is 14.7 Å². The van der Waals surface area contributed by atoms with Crippen LogP contribution in [0.15, 0.2) is 71.5 Å². The van der Waals surface area contributed by atoms with Crippen molar-refractivity contribution < 1.29 is 18.8 Å². The van der Waals surface area contributed by atoms with Crippen LogP contribution < -0.4 is 4.74 Å². The highest BCUT2D eigenvalue weighted by atomic mass is 35.5. The van der Waals surface area contributed by atoms with Crippen molar-refractivity contribution >= 4 is 40.2 Å². The van der Waals surface area contributed by atoms with Crippen LogP contribution >= 0.6 is 23.2 Å². The van der Waals surface area contributed by atoms with E-state index in [0.717, 1.165) is 40.9 Å². The maximum atomic E-state index is 12.2. The Morgan fingerprint density at radius 2 is 1.84 bits per heavy atom. The predicted molar refractivity (Wildman–Crippen MR) is 145 cm³/mol. The summed E-state index contributed by atoms with van der Waals surface area (Å²) in [5.74, 6) is 1.49. The van der Waals surface area contributed by atoms with Gasteiger partial charge in [0.15, 0.2) is 0 Å². The Balaban J connectivity index is 1.25. The highest BCUT2D eigenvalue weighted by Crippen LogP contribution is 2.46. The molecule has 0 amide bonds. The third-order valence-corrected chi connectivity index (χ3v) is 7.15. The van der Waals surface area contributed by atoms with Crippen molar-refractivity contribution in [2.24, 2.45) is 0 Å². The largest absolute Gasteiger partial charge is 0.489 e. The molecule has 7 nitrogen and oxygen atoms in total. The molecule has 1 saturated carbocycles. The van der Waals surface area contributed by atoms with Crippen LogP contribution in [0.25, 0.3) is 28.0 Å². The van der Waals surface area contributed by atoms with E-state index in [9.17, 15) is 4.79 Å². The summed E-state index contributed by atoms with van der Waals surface area (Å²) < 4.78 is 19.0. The molecular formula is C29H23Cl2N3O4. The molecule has 1 aliphatic rings. The molecule has 9 heteroatoms.